The van der Waals surface area contributed by atoms with Crippen LogP contribution in [0.15, 0.2) is 59.7 Å². The maximum atomic E-state index is 12.9. The van der Waals surface area contributed by atoms with Crippen LogP contribution in [0.1, 0.15) is 10.4 Å². The average Bonchev–Trinajstić information content (AvgIpc) is 2.81. The monoisotopic (exact) mass is 490 g/mol. The number of rotatable bonds is 6. The van der Waals surface area contributed by atoms with Crippen LogP contribution < -0.4 is 20.5 Å². The van der Waals surface area contributed by atoms with E-state index >= 15 is 0 Å². The van der Waals surface area contributed by atoms with Crippen molar-refractivity contribution in [2.75, 3.05) is 36.5 Å². The van der Waals surface area contributed by atoms with Gasteiger partial charge in [0.25, 0.3) is 11.5 Å². The molecule has 4 rings (SSSR count). The molecule has 0 atom stereocenters. The van der Waals surface area contributed by atoms with E-state index in [0.717, 1.165) is 0 Å². The fourth-order valence-electron chi connectivity index (χ4n) is 3.48. The standard InChI is InChI=1S/C23H21ClF2N4O4/c1-29-7-6-15(13-20(29)31)19-12-16(14-27-21(19)30-8-10-33-11-9-30)22(32)28-17-2-4-18(5-3-17)34-23(24,25)26/h2-7,12-14H,8-11H2,1H3,(H,28,32). The van der Waals surface area contributed by atoms with Crippen molar-refractivity contribution in [1.29, 1.82) is 0 Å². The third-order valence-electron chi connectivity index (χ3n) is 5.20. The number of nitrogens with zero attached hydrogens (tertiary/aromatic N) is 3. The van der Waals surface area contributed by atoms with Crippen LogP contribution >= 0.6 is 11.6 Å². The van der Waals surface area contributed by atoms with Crippen LogP contribution in [0.25, 0.3) is 11.1 Å². The Morgan fingerprint density at radius 2 is 1.88 bits per heavy atom. The highest BCUT2D eigenvalue weighted by Gasteiger charge is 2.27. The summed E-state index contributed by atoms with van der Waals surface area (Å²) in [5.74, 6) is 0.0431. The molecule has 1 aromatic carbocycles. The van der Waals surface area contributed by atoms with Gasteiger partial charge >= 0.3 is 5.57 Å². The zero-order valence-corrected chi connectivity index (χ0v) is 18.9. The summed E-state index contributed by atoms with van der Waals surface area (Å²) in [5.41, 5.74) is -2.11. The number of hydrogen-bond acceptors (Lipinski definition) is 6. The topological polar surface area (TPSA) is 85.7 Å². The average molecular weight is 491 g/mol. The second-order valence-corrected chi connectivity index (χ2v) is 8.03. The van der Waals surface area contributed by atoms with Gasteiger partial charge < -0.3 is 24.3 Å². The molecule has 1 amide bonds. The van der Waals surface area contributed by atoms with Gasteiger partial charge in [-0.1, -0.05) is 0 Å². The van der Waals surface area contributed by atoms with E-state index in [4.69, 9.17) is 16.3 Å². The van der Waals surface area contributed by atoms with Gasteiger partial charge in [-0.25, -0.2) is 4.98 Å². The molecule has 34 heavy (non-hydrogen) atoms. The number of alkyl halides is 3. The SMILES string of the molecule is Cn1ccc(-c2cc(C(=O)Nc3ccc(OC(F)(F)Cl)cc3)cnc2N2CCOCC2)cc1=O. The third-order valence-corrected chi connectivity index (χ3v) is 5.28. The number of carbonyl (C=O) groups is 1. The first-order valence-electron chi connectivity index (χ1n) is 10.4. The van der Waals surface area contributed by atoms with Gasteiger partial charge in [-0.15, -0.1) is 8.78 Å². The summed E-state index contributed by atoms with van der Waals surface area (Å²) in [4.78, 5) is 31.7. The van der Waals surface area contributed by atoms with Crippen molar-refractivity contribution in [3.8, 4) is 16.9 Å². The smallest absolute Gasteiger partial charge is 0.420 e. The first-order valence-corrected chi connectivity index (χ1v) is 10.7. The van der Waals surface area contributed by atoms with Gasteiger partial charge in [0, 0.05) is 61.4 Å². The molecule has 178 valence electrons. The van der Waals surface area contributed by atoms with Crippen molar-refractivity contribution in [1.82, 2.24) is 9.55 Å². The van der Waals surface area contributed by atoms with E-state index in [1.165, 1.54) is 41.1 Å². The molecule has 3 heterocycles. The number of anilines is 2. The van der Waals surface area contributed by atoms with Gasteiger partial charge in [-0.3, -0.25) is 9.59 Å². The molecule has 11 heteroatoms. The first-order chi connectivity index (χ1) is 16.2. The summed E-state index contributed by atoms with van der Waals surface area (Å²) in [6.07, 6.45) is 3.11. The van der Waals surface area contributed by atoms with Gasteiger partial charge in [0.2, 0.25) is 0 Å². The van der Waals surface area contributed by atoms with Crippen molar-refractivity contribution in [2.45, 2.75) is 5.57 Å². The zero-order chi connectivity index (χ0) is 24.3. The molecule has 0 unspecified atom stereocenters. The molecular weight excluding hydrogens is 470 g/mol. The maximum Gasteiger partial charge on any atom is 0.487 e. The molecule has 8 nitrogen and oxygen atoms in total. The molecule has 0 saturated carbocycles. The number of nitrogens with one attached hydrogen (secondary N) is 1. The molecule has 1 fully saturated rings. The van der Waals surface area contributed by atoms with Crippen LogP contribution in [0.2, 0.25) is 0 Å². The van der Waals surface area contributed by atoms with Gasteiger partial charge in [0.1, 0.15) is 11.6 Å². The number of hydrogen-bond donors (Lipinski definition) is 1. The Morgan fingerprint density at radius 1 is 1.18 bits per heavy atom. The van der Waals surface area contributed by atoms with Crippen molar-refractivity contribution < 1.29 is 23.0 Å². The van der Waals surface area contributed by atoms with Gasteiger partial charge in [-0.05, 0) is 42.0 Å². The third kappa shape index (κ3) is 5.70. The molecule has 0 aliphatic carbocycles. The van der Waals surface area contributed by atoms with Gasteiger partial charge in [-0.2, -0.15) is 0 Å². The van der Waals surface area contributed by atoms with Crippen LogP contribution in [0.4, 0.5) is 20.3 Å². The lowest BCUT2D eigenvalue weighted by molar-refractivity contribution is -0.0964. The molecular formula is C23H21ClF2N4O4. The Balaban J connectivity index is 1.62. The van der Waals surface area contributed by atoms with E-state index in [1.807, 2.05) is 4.90 Å². The zero-order valence-electron chi connectivity index (χ0n) is 18.1. The van der Waals surface area contributed by atoms with Crippen LogP contribution in [-0.4, -0.2) is 47.3 Å². The molecule has 1 N–H and O–H groups in total. The summed E-state index contributed by atoms with van der Waals surface area (Å²) in [6.45, 7) is 2.36. The molecule has 0 bridgehead atoms. The first kappa shape index (κ1) is 23.7. The lowest BCUT2D eigenvalue weighted by Gasteiger charge is -2.29. The molecule has 2 aromatic heterocycles. The fraction of sp³-hybridized carbons (Fsp3) is 0.261. The summed E-state index contributed by atoms with van der Waals surface area (Å²) in [5, 5.41) is 2.69. The van der Waals surface area contributed by atoms with Crippen LogP contribution in [0.3, 0.4) is 0 Å². The Labute approximate surface area is 198 Å². The lowest BCUT2D eigenvalue weighted by Crippen LogP contribution is -2.37. The van der Waals surface area contributed by atoms with E-state index < -0.39 is 11.5 Å². The summed E-state index contributed by atoms with van der Waals surface area (Å²) >= 11 is 4.76. The minimum atomic E-state index is -3.83. The van der Waals surface area contributed by atoms with Crippen LogP contribution in [0.5, 0.6) is 5.75 Å². The minimum Gasteiger partial charge on any atom is -0.420 e. The Morgan fingerprint density at radius 3 is 2.53 bits per heavy atom. The summed E-state index contributed by atoms with van der Waals surface area (Å²) < 4.78 is 36.7. The number of halogens is 3. The van der Waals surface area contributed by atoms with Gasteiger partial charge in [0.15, 0.2) is 0 Å². The maximum absolute atomic E-state index is 12.9. The Hall–Kier alpha value is -3.50. The quantitative estimate of drug-likeness (QED) is 0.530. The minimum absolute atomic E-state index is 0.150. The lowest BCUT2D eigenvalue weighted by atomic mass is 10.0. The number of benzene rings is 1. The summed E-state index contributed by atoms with van der Waals surface area (Å²) in [7, 11) is 1.65. The molecule has 1 saturated heterocycles. The highest BCUT2D eigenvalue weighted by molar-refractivity contribution is 6.20. The van der Waals surface area contributed by atoms with E-state index in [-0.39, 0.29) is 16.9 Å². The highest BCUT2D eigenvalue weighted by Crippen LogP contribution is 2.30. The predicted molar refractivity (Wildman–Crippen MR) is 124 cm³/mol. The van der Waals surface area contributed by atoms with E-state index in [1.54, 1.807) is 25.4 Å². The molecule has 1 aliphatic heterocycles. The molecule has 3 aromatic rings. The largest absolute Gasteiger partial charge is 0.487 e. The van der Waals surface area contributed by atoms with Crippen molar-refractivity contribution >= 4 is 29.0 Å². The number of aryl methyl sites for hydroxylation is 1. The Bertz CT molecular complexity index is 1240. The van der Waals surface area contributed by atoms with Crippen LogP contribution in [-0.2, 0) is 11.8 Å². The van der Waals surface area contributed by atoms with Crippen molar-refractivity contribution in [3.05, 3.63) is 70.8 Å². The van der Waals surface area contributed by atoms with E-state index in [0.29, 0.717) is 48.9 Å². The highest BCUT2D eigenvalue weighted by atomic mass is 35.5. The normalized spacial score (nSPS) is 14.1. The number of carbonyl (C=O) groups excluding carboxylic acids is 1. The van der Waals surface area contributed by atoms with E-state index in [2.05, 4.69) is 15.0 Å². The summed E-state index contributed by atoms with van der Waals surface area (Å²) in [6, 6.07) is 10.3. The number of morpholine rings is 1. The molecule has 0 radical (unpaired) electrons. The van der Waals surface area contributed by atoms with Crippen LogP contribution in [0, 0.1) is 0 Å². The molecule has 0 spiro atoms. The van der Waals surface area contributed by atoms with Crippen molar-refractivity contribution in [3.63, 3.8) is 0 Å². The number of ether oxygens (including phenoxy) is 2. The number of pyridine rings is 2. The Kier molecular flexibility index (Phi) is 6.80. The second-order valence-electron chi connectivity index (χ2n) is 7.59. The van der Waals surface area contributed by atoms with Crippen molar-refractivity contribution in [2.24, 2.45) is 7.05 Å². The molecule has 1 aliphatic rings. The van der Waals surface area contributed by atoms with Gasteiger partial charge in [0.05, 0.1) is 18.8 Å². The second kappa shape index (κ2) is 9.78. The predicted octanol–water partition coefficient (Wildman–Crippen LogP) is 3.70. The fourth-order valence-corrected chi connectivity index (χ4v) is 3.57. The van der Waals surface area contributed by atoms with E-state index in [9.17, 15) is 18.4 Å². The number of aromatic nitrogens is 2. The number of amides is 1.